The lowest BCUT2D eigenvalue weighted by molar-refractivity contribution is -0.127. The Morgan fingerprint density at radius 3 is 2.70 bits per heavy atom. The van der Waals surface area contributed by atoms with Gasteiger partial charge >= 0.3 is 0 Å². The van der Waals surface area contributed by atoms with E-state index in [1.165, 1.54) is 6.08 Å². The third-order valence-corrected chi connectivity index (χ3v) is 3.72. The Hall–Kier alpha value is -2.63. The van der Waals surface area contributed by atoms with E-state index in [0.29, 0.717) is 12.2 Å². The number of carbonyl (C=O) groups is 3. The Balaban J connectivity index is 1.79. The zero-order valence-electron chi connectivity index (χ0n) is 12.9. The predicted molar refractivity (Wildman–Crippen MR) is 87.7 cm³/mol. The van der Waals surface area contributed by atoms with Crippen LogP contribution in [0.4, 0.5) is 5.69 Å². The van der Waals surface area contributed by atoms with Crippen molar-refractivity contribution in [3.05, 3.63) is 42.5 Å². The molecule has 0 radical (unpaired) electrons. The second-order valence-electron chi connectivity index (χ2n) is 5.50. The minimum Gasteiger partial charge on any atom is -0.356 e. The SMILES string of the molecule is C=CC(=O)Nc1ccc(CC(=O)NCC2CCCNC2=O)cc1. The van der Waals surface area contributed by atoms with Crippen LogP contribution in [0, 0.1) is 5.92 Å². The average molecular weight is 315 g/mol. The Kier molecular flexibility index (Phi) is 5.91. The molecule has 0 saturated carbocycles. The Bertz CT molecular complexity index is 596. The van der Waals surface area contributed by atoms with Gasteiger partial charge in [-0.05, 0) is 36.6 Å². The standard InChI is InChI=1S/C17H21N3O3/c1-2-15(21)20-14-7-5-12(6-8-14)10-16(22)19-11-13-4-3-9-18-17(13)23/h2,5-8,13H,1,3-4,9-11H2,(H,18,23)(H,19,22)(H,20,21). The number of amides is 3. The van der Waals surface area contributed by atoms with Gasteiger partial charge in [-0.25, -0.2) is 0 Å². The molecule has 1 aromatic carbocycles. The van der Waals surface area contributed by atoms with Crippen LogP contribution in [0.5, 0.6) is 0 Å². The maximum atomic E-state index is 11.9. The molecule has 3 N–H and O–H groups in total. The van der Waals surface area contributed by atoms with Crippen LogP contribution in [0.2, 0.25) is 0 Å². The van der Waals surface area contributed by atoms with E-state index in [1.54, 1.807) is 24.3 Å². The molecular formula is C17H21N3O3. The van der Waals surface area contributed by atoms with Crippen molar-refractivity contribution in [3.63, 3.8) is 0 Å². The van der Waals surface area contributed by atoms with E-state index >= 15 is 0 Å². The largest absolute Gasteiger partial charge is 0.356 e. The molecule has 1 atom stereocenters. The summed E-state index contributed by atoms with van der Waals surface area (Å²) in [4.78, 5) is 34.7. The van der Waals surface area contributed by atoms with Crippen molar-refractivity contribution in [2.75, 3.05) is 18.4 Å². The first kappa shape index (κ1) is 16.7. The van der Waals surface area contributed by atoms with E-state index in [9.17, 15) is 14.4 Å². The van der Waals surface area contributed by atoms with Crippen molar-refractivity contribution in [2.24, 2.45) is 5.92 Å². The predicted octanol–water partition coefficient (Wildman–Crippen LogP) is 0.996. The van der Waals surface area contributed by atoms with Gasteiger partial charge in [0.05, 0.1) is 12.3 Å². The van der Waals surface area contributed by atoms with Crippen LogP contribution >= 0.6 is 0 Å². The zero-order chi connectivity index (χ0) is 16.7. The van der Waals surface area contributed by atoms with Gasteiger partial charge in [-0.3, -0.25) is 14.4 Å². The average Bonchev–Trinajstić information content (AvgIpc) is 2.56. The van der Waals surface area contributed by atoms with Crippen LogP contribution in [0.1, 0.15) is 18.4 Å². The third kappa shape index (κ3) is 5.25. The molecule has 6 heteroatoms. The topological polar surface area (TPSA) is 87.3 Å². The summed E-state index contributed by atoms with van der Waals surface area (Å²) >= 11 is 0. The molecule has 1 saturated heterocycles. The van der Waals surface area contributed by atoms with Crippen molar-refractivity contribution in [1.29, 1.82) is 0 Å². The normalized spacial score (nSPS) is 17.0. The summed E-state index contributed by atoms with van der Waals surface area (Å²) in [5, 5.41) is 8.25. The molecule has 1 aromatic rings. The van der Waals surface area contributed by atoms with Crippen LogP contribution in [0.25, 0.3) is 0 Å². The molecular weight excluding hydrogens is 294 g/mol. The lowest BCUT2D eigenvalue weighted by Gasteiger charge is -2.21. The number of carbonyl (C=O) groups excluding carboxylic acids is 3. The minimum atomic E-state index is -0.277. The highest BCUT2D eigenvalue weighted by Gasteiger charge is 2.22. The molecule has 1 unspecified atom stereocenters. The monoisotopic (exact) mass is 315 g/mol. The highest BCUT2D eigenvalue weighted by molar-refractivity contribution is 5.98. The van der Waals surface area contributed by atoms with Crippen LogP contribution in [-0.4, -0.2) is 30.8 Å². The number of hydrogen-bond acceptors (Lipinski definition) is 3. The summed E-state index contributed by atoms with van der Waals surface area (Å²) in [5.41, 5.74) is 1.49. The quantitative estimate of drug-likeness (QED) is 0.684. The fourth-order valence-corrected chi connectivity index (χ4v) is 2.41. The summed E-state index contributed by atoms with van der Waals surface area (Å²) in [6.45, 7) is 4.48. The number of rotatable bonds is 6. The van der Waals surface area contributed by atoms with Gasteiger partial charge in [0, 0.05) is 18.8 Å². The Morgan fingerprint density at radius 1 is 1.30 bits per heavy atom. The molecule has 1 aliphatic rings. The van der Waals surface area contributed by atoms with E-state index in [4.69, 9.17) is 0 Å². The lowest BCUT2D eigenvalue weighted by Crippen LogP contribution is -2.42. The molecule has 0 spiro atoms. The summed E-state index contributed by atoms with van der Waals surface area (Å²) in [6, 6.07) is 7.04. The van der Waals surface area contributed by atoms with E-state index in [-0.39, 0.29) is 30.1 Å². The molecule has 0 bridgehead atoms. The number of piperidine rings is 1. The number of nitrogens with one attached hydrogen (secondary N) is 3. The van der Waals surface area contributed by atoms with Crippen molar-refractivity contribution >= 4 is 23.4 Å². The fourth-order valence-electron chi connectivity index (χ4n) is 2.41. The maximum absolute atomic E-state index is 11.9. The zero-order valence-corrected chi connectivity index (χ0v) is 12.9. The second kappa shape index (κ2) is 8.12. The van der Waals surface area contributed by atoms with Gasteiger partial charge in [0.1, 0.15) is 0 Å². The van der Waals surface area contributed by atoms with Crippen LogP contribution in [0.15, 0.2) is 36.9 Å². The number of anilines is 1. The Labute approximate surface area is 135 Å². The molecule has 0 aromatic heterocycles. The number of hydrogen-bond donors (Lipinski definition) is 3. The first-order valence-corrected chi connectivity index (χ1v) is 7.65. The van der Waals surface area contributed by atoms with E-state index in [1.807, 2.05) is 0 Å². The summed E-state index contributed by atoms with van der Waals surface area (Å²) in [5.74, 6) is -0.518. The molecule has 1 heterocycles. The third-order valence-electron chi connectivity index (χ3n) is 3.72. The van der Waals surface area contributed by atoms with Gasteiger partial charge in [-0.1, -0.05) is 18.7 Å². The van der Waals surface area contributed by atoms with Gasteiger partial charge < -0.3 is 16.0 Å². The molecule has 3 amide bonds. The Morgan fingerprint density at radius 2 is 2.04 bits per heavy atom. The first-order chi connectivity index (χ1) is 11.1. The summed E-state index contributed by atoms with van der Waals surface area (Å²) in [7, 11) is 0. The molecule has 122 valence electrons. The highest BCUT2D eigenvalue weighted by atomic mass is 16.2. The van der Waals surface area contributed by atoms with Crippen LogP contribution in [0.3, 0.4) is 0 Å². The summed E-state index contributed by atoms with van der Waals surface area (Å²) < 4.78 is 0. The molecule has 23 heavy (non-hydrogen) atoms. The lowest BCUT2D eigenvalue weighted by atomic mass is 9.98. The van der Waals surface area contributed by atoms with Crippen molar-refractivity contribution in [2.45, 2.75) is 19.3 Å². The van der Waals surface area contributed by atoms with Gasteiger partial charge in [-0.15, -0.1) is 0 Å². The molecule has 1 fully saturated rings. The molecule has 2 rings (SSSR count). The van der Waals surface area contributed by atoms with E-state index in [0.717, 1.165) is 24.9 Å². The number of benzene rings is 1. The first-order valence-electron chi connectivity index (χ1n) is 7.65. The molecule has 1 aliphatic heterocycles. The molecule has 6 nitrogen and oxygen atoms in total. The van der Waals surface area contributed by atoms with Crippen LogP contribution < -0.4 is 16.0 Å². The van der Waals surface area contributed by atoms with Crippen molar-refractivity contribution in [1.82, 2.24) is 10.6 Å². The molecule has 0 aliphatic carbocycles. The van der Waals surface area contributed by atoms with Gasteiger partial charge in [0.25, 0.3) is 0 Å². The van der Waals surface area contributed by atoms with E-state index < -0.39 is 0 Å². The van der Waals surface area contributed by atoms with Gasteiger partial charge in [-0.2, -0.15) is 0 Å². The van der Waals surface area contributed by atoms with Gasteiger partial charge in [0.15, 0.2) is 0 Å². The smallest absolute Gasteiger partial charge is 0.247 e. The van der Waals surface area contributed by atoms with Crippen molar-refractivity contribution in [3.8, 4) is 0 Å². The van der Waals surface area contributed by atoms with Crippen molar-refractivity contribution < 1.29 is 14.4 Å². The minimum absolute atomic E-state index is 0.0128. The fraction of sp³-hybridized carbons (Fsp3) is 0.353. The summed E-state index contributed by atoms with van der Waals surface area (Å²) in [6.07, 6.45) is 3.20. The maximum Gasteiger partial charge on any atom is 0.247 e. The second-order valence-corrected chi connectivity index (χ2v) is 5.50. The van der Waals surface area contributed by atoms with Gasteiger partial charge in [0.2, 0.25) is 17.7 Å². The van der Waals surface area contributed by atoms with E-state index in [2.05, 4.69) is 22.5 Å². The highest BCUT2D eigenvalue weighted by Crippen LogP contribution is 2.11. The van der Waals surface area contributed by atoms with Crippen LogP contribution in [-0.2, 0) is 20.8 Å².